The Morgan fingerprint density at radius 1 is 0.455 bits per heavy atom. The number of carbonyl (C=O) groups excluding carboxylic acids is 1. The molecule has 3 heteroatoms. The van der Waals surface area contributed by atoms with Gasteiger partial charge in [0.1, 0.15) is 0 Å². The van der Waals surface area contributed by atoms with Crippen molar-refractivity contribution in [3.05, 3.63) is 0 Å². The maximum absolute atomic E-state index is 10.1. The van der Waals surface area contributed by atoms with Crippen molar-refractivity contribution >= 4 is 25.7 Å². The summed E-state index contributed by atoms with van der Waals surface area (Å²) in [4.78, 5) is 10.1. The molecule has 0 radical (unpaired) electrons. The third-order valence-electron chi connectivity index (χ3n) is 6.64. The van der Waals surface area contributed by atoms with Gasteiger partial charge in [0, 0.05) is 5.97 Å². The van der Waals surface area contributed by atoms with Gasteiger partial charge in [-0.1, -0.05) is 58.3 Å². The first kappa shape index (κ1) is 35.4. The third-order valence-corrected chi connectivity index (χ3v) is 15.7. The molecular weight excluding hydrogens is 511 g/mol. The molecule has 0 unspecified atom stereocenters. The Bertz CT molecular complexity index is 331. The summed E-state index contributed by atoms with van der Waals surface area (Å²) in [6.07, 6.45) is 29.0. The van der Waals surface area contributed by atoms with Crippen LogP contribution < -0.4 is 5.11 Å². The predicted molar refractivity (Wildman–Crippen MR) is 149 cm³/mol. The number of unbranched alkanes of at least 4 members (excludes halogenated alkanes) is 17. The molecule has 0 aliphatic carbocycles. The van der Waals surface area contributed by atoms with E-state index >= 15 is 0 Å². The van der Waals surface area contributed by atoms with Gasteiger partial charge in [-0.05, 0) is 12.8 Å². The molecule has 0 atom stereocenters. The van der Waals surface area contributed by atoms with Gasteiger partial charge in [0.25, 0.3) is 0 Å². The minimum absolute atomic E-state index is 0.232. The Morgan fingerprint density at radius 3 is 1.03 bits per heavy atom. The van der Waals surface area contributed by atoms with E-state index in [2.05, 4.69) is 27.7 Å². The first-order valence-corrected chi connectivity index (χ1v) is 21.2. The zero-order valence-electron chi connectivity index (χ0n) is 23.5. The summed E-state index contributed by atoms with van der Waals surface area (Å²) in [6, 6.07) is 0. The van der Waals surface area contributed by atoms with Crippen LogP contribution in [0.15, 0.2) is 0 Å². The Morgan fingerprint density at radius 2 is 0.727 bits per heavy atom. The predicted octanol–water partition coefficient (Wildman–Crippen LogP) is 9.88. The van der Waals surface area contributed by atoms with E-state index in [1.807, 2.05) is 0 Å². The summed E-state index contributed by atoms with van der Waals surface area (Å²) in [7, 11) is 0. The summed E-state index contributed by atoms with van der Waals surface area (Å²) in [5, 5.41) is 10.1. The standard InChI is InChI=1S/C12H24O2.3C6H13.Sn/c1-2-3-4-5-6-7-8-9-10-11-12(13)14;3*1-3-5-6-4-2;/h2-11H2,1H3,(H,13,14);3*1,3-6H2,2H3;/q;;;;+1/p-1. The summed E-state index contributed by atoms with van der Waals surface area (Å²) >= 11 is -0.948. The van der Waals surface area contributed by atoms with Gasteiger partial charge in [-0.2, -0.15) is 0 Å². The molecule has 0 aromatic heterocycles. The maximum atomic E-state index is 10.1. The Hall–Kier alpha value is 0.269. The van der Waals surface area contributed by atoms with Crippen LogP contribution in [-0.4, -0.2) is 25.7 Å². The molecule has 0 aliphatic heterocycles. The van der Waals surface area contributed by atoms with Crippen LogP contribution in [0.2, 0.25) is 13.3 Å². The van der Waals surface area contributed by atoms with Crippen LogP contribution in [0.5, 0.6) is 0 Å². The van der Waals surface area contributed by atoms with E-state index in [0.717, 1.165) is 12.8 Å². The van der Waals surface area contributed by atoms with Gasteiger partial charge in [0.15, 0.2) is 0 Å². The molecule has 198 valence electrons. The Balaban J connectivity index is 0. The van der Waals surface area contributed by atoms with E-state index in [1.54, 1.807) is 32.6 Å². The molecule has 0 saturated heterocycles. The van der Waals surface area contributed by atoms with Crippen LogP contribution in [0.4, 0.5) is 0 Å². The molecule has 0 bridgehead atoms. The zero-order chi connectivity index (χ0) is 24.8. The summed E-state index contributed by atoms with van der Waals surface area (Å²) in [5.41, 5.74) is 0. The molecular formula is C30H62O2Sn. The minimum atomic E-state index is -0.948. The molecule has 0 amide bonds. The van der Waals surface area contributed by atoms with Crippen LogP contribution in [0, 0.1) is 0 Å². The van der Waals surface area contributed by atoms with Crippen molar-refractivity contribution < 1.29 is 9.90 Å². The van der Waals surface area contributed by atoms with Crippen molar-refractivity contribution in [1.82, 2.24) is 0 Å². The molecule has 0 saturated carbocycles. The summed E-state index contributed by atoms with van der Waals surface area (Å²) in [6.45, 7) is 9.21. The van der Waals surface area contributed by atoms with Crippen LogP contribution in [0.3, 0.4) is 0 Å². The van der Waals surface area contributed by atoms with Crippen LogP contribution in [0.1, 0.15) is 169 Å². The monoisotopic (exact) mass is 574 g/mol. The number of carbonyl (C=O) groups is 1. The molecule has 0 aliphatic rings. The van der Waals surface area contributed by atoms with E-state index in [-0.39, 0.29) is 6.42 Å². The second-order valence-electron chi connectivity index (χ2n) is 10.1. The SMILES string of the molecule is CCCCCCCCCCCC(=O)[O-].CCCCC[CH2][Sn+]([CH2]CCCCC)[CH2]CCCCC. The summed E-state index contributed by atoms with van der Waals surface area (Å²) < 4.78 is 5.13. The van der Waals surface area contributed by atoms with Crippen LogP contribution in [0.25, 0.3) is 0 Å². The molecule has 0 rings (SSSR count). The molecule has 0 aromatic rings. The van der Waals surface area contributed by atoms with Crippen molar-refractivity contribution in [2.24, 2.45) is 0 Å². The first-order chi connectivity index (χ1) is 16.1. The van der Waals surface area contributed by atoms with Crippen molar-refractivity contribution in [2.45, 2.75) is 182 Å². The molecule has 0 fully saturated rings. The first-order valence-electron chi connectivity index (χ1n) is 15.2. The third kappa shape index (κ3) is 34.5. The number of hydrogen-bond donors (Lipinski definition) is 0. The fourth-order valence-corrected chi connectivity index (χ4v) is 12.9. The van der Waals surface area contributed by atoms with Crippen LogP contribution >= 0.6 is 0 Å². The quantitative estimate of drug-likeness (QED) is 0.0806. The van der Waals surface area contributed by atoms with Gasteiger partial charge in [-0.25, -0.2) is 0 Å². The van der Waals surface area contributed by atoms with Crippen molar-refractivity contribution in [3.63, 3.8) is 0 Å². The van der Waals surface area contributed by atoms with E-state index in [9.17, 15) is 9.90 Å². The van der Waals surface area contributed by atoms with Gasteiger partial charge in [0.05, 0.1) is 0 Å². The number of carboxylic acids is 1. The number of rotatable bonds is 25. The number of carboxylic acid groups (broad SMARTS) is 1. The average Bonchev–Trinajstić information content (AvgIpc) is 2.81. The molecule has 0 spiro atoms. The van der Waals surface area contributed by atoms with Crippen molar-refractivity contribution in [2.75, 3.05) is 0 Å². The van der Waals surface area contributed by atoms with E-state index in [1.165, 1.54) is 103 Å². The van der Waals surface area contributed by atoms with Crippen molar-refractivity contribution in [3.8, 4) is 0 Å². The number of aliphatic carboxylic acids is 1. The van der Waals surface area contributed by atoms with Crippen molar-refractivity contribution in [1.29, 1.82) is 0 Å². The topological polar surface area (TPSA) is 40.1 Å². The average molecular weight is 574 g/mol. The molecule has 0 heterocycles. The zero-order valence-corrected chi connectivity index (χ0v) is 26.3. The van der Waals surface area contributed by atoms with E-state index in [0.29, 0.717) is 0 Å². The fraction of sp³-hybridized carbons (Fsp3) is 0.967. The van der Waals surface area contributed by atoms with Gasteiger partial charge < -0.3 is 9.90 Å². The fourth-order valence-electron chi connectivity index (χ4n) is 4.36. The molecule has 0 N–H and O–H groups in total. The summed E-state index contributed by atoms with van der Waals surface area (Å²) in [5.74, 6) is -0.909. The Labute approximate surface area is 217 Å². The van der Waals surface area contributed by atoms with E-state index < -0.39 is 25.7 Å². The van der Waals surface area contributed by atoms with Gasteiger partial charge in [0.2, 0.25) is 0 Å². The van der Waals surface area contributed by atoms with E-state index in [4.69, 9.17) is 0 Å². The van der Waals surface area contributed by atoms with Crippen LogP contribution in [-0.2, 0) is 4.79 Å². The van der Waals surface area contributed by atoms with Gasteiger partial charge in [-0.3, -0.25) is 0 Å². The second kappa shape index (κ2) is 32.3. The molecule has 0 aromatic carbocycles. The second-order valence-corrected chi connectivity index (χ2v) is 18.7. The van der Waals surface area contributed by atoms with Gasteiger partial charge in [-0.15, -0.1) is 0 Å². The van der Waals surface area contributed by atoms with Gasteiger partial charge >= 0.3 is 131 Å². The molecule has 33 heavy (non-hydrogen) atoms. The molecule has 2 nitrogen and oxygen atoms in total. The normalized spacial score (nSPS) is 10.7. The Kier molecular flexibility index (Phi) is 34.6. The number of hydrogen-bond acceptors (Lipinski definition) is 2.